The molecule has 6 nitrogen and oxygen atoms in total. The van der Waals surface area contributed by atoms with Crippen LogP contribution in [0.4, 0.5) is 0 Å². The lowest BCUT2D eigenvalue weighted by molar-refractivity contribution is -0.224. The first kappa shape index (κ1) is 16.5. The molecule has 1 fully saturated rings. The first-order chi connectivity index (χ1) is 9.09. The van der Waals surface area contributed by atoms with Crippen molar-refractivity contribution in [3.8, 4) is 0 Å². The maximum Gasteiger partial charge on any atom is 0.323 e. The van der Waals surface area contributed by atoms with Crippen LogP contribution in [0.3, 0.4) is 0 Å². The van der Waals surface area contributed by atoms with Crippen LogP contribution in [0.25, 0.3) is 0 Å². The zero-order chi connectivity index (χ0) is 15.6. The highest BCUT2D eigenvalue weighted by atomic mass is 16.7. The Kier molecular flexibility index (Phi) is 4.78. The van der Waals surface area contributed by atoms with Crippen molar-refractivity contribution in [2.75, 3.05) is 6.61 Å². The molecule has 1 unspecified atom stereocenters. The Morgan fingerprint density at radius 1 is 1.25 bits per heavy atom. The Labute approximate surface area is 118 Å². The van der Waals surface area contributed by atoms with Crippen LogP contribution in [0.15, 0.2) is 0 Å². The number of hydrogen-bond acceptors (Lipinski definition) is 6. The number of carbonyl (C=O) groups is 3. The van der Waals surface area contributed by atoms with Gasteiger partial charge in [-0.15, -0.1) is 0 Å². The summed E-state index contributed by atoms with van der Waals surface area (Å²) in [4.78, 5) is 35.1. The maximum absolute atomic E-state index is 12.0. The maximum atomic E-state index is 12.0. The van der Waals surface area contributed by atoms with Crippen molar-refractivity contribution in [1.82, 2.24) is 0 Å². The van der Waals surface area contributed by atoms with Crippen molar-refractivity contribution in [3.63, 3.8) is 0 Å². The molecule has 0 radical (unpaired) electrons. The second kappa shape index (κ2) is 5.81. The summed E-state index contributed by atoms with van der Waals surface area (Å²) < 4.78 is 15.1. The molecule has 0 bridgehead atoms. The summed E-state index contributed by atoms with van der Waals surface area (Å²) in [6, 6.07) is 0. The lowest BCUT2D eigenvalue weighted by Gasteiger charge is -2.30. The molecule has 1 rings (SSSR count). The van der Waals surface area contributed by atoms with E-state index in [9.17, 15) is 14.4 Å². The lowest BCUT2D eigenvalue weighted by atomic mass is 9.90. The molecule has 20 heavy (non-hydrogen) atoms. The highest BCUT2D eigenvalue weighted by molar-refractivity contribution is 5.96. The van der Waals surface area contributed by atoms with Crippen LogP contribution in [-0.4, -0.2) is 30.3 Å². The van der Waals surface area contributed by atoms with Gasteiger partial charge in [0, 0.05) is 20.3 Å². The predicted molar refractivity (Wildman–Crippen MR) is 69.4 cm³/mol. The second-order valence-corrected chi connectivity index (χ2v) is 5.96. The molecule has 0 saturated carbocycles. The molecule has 0 aromatic rings. The van der Waals surface area contributed by atoms with Gasteiger partial charge in [-0.2, -0.15) is 0 Å². The van der Waals surface area contributed by atoms with E-state index in [1.165, 1.54) is 13.8 Å². The van der Waals surface area contributed by atoms with Crippen molar-refractivity contribution in [3.05, 3.63) is 0 Å². The zero-order valence-corrected chi connectivity index (χ0v) is 12.6. The van der Waals surface area contributed by atoms with Crippen LogP contribution in [-0.2, 0) is 28.6 Å². The van der Waals surface area contributed by atoms with E-state index in [-0.39, 0.29) is 6.61 Å². The third-order valence-electron chi connectivity index (χ3n) is 3.34. The van der Waals surface area contributed by atoms with Gasteiger partial charge in [-0.25, -0.2) is 0 Å². The average molecular weight is 286 g/mol. The van der Waals surface area contributed by atoms with Gasteiger partial charge >= 0.3 is 17.9 Å². The fourth-order valence-electron chi connectivity index (χ4n) is 1.55. The molecule has 0 spiro atoms. The molecule has 0 aromatic heterocycles. The number of cyclic esters (lactones) is 1. The quantitative estimate of drug-likeness (QED) is 0.435. The van der Waals surface area contributed by atoms with Gasteiger partial charge in [-0.05, 0) is 20.3 Å². The standard InChI is InChI=1S/C14H22O6/c1-6-13(2,3)12(17)20-14(4,5)19-11(16)9-7-8-18-10(9)15/h9H,6-8H2,1-5H3. The smallest absolute Gasteiger partial charge is 0.323 e. The van der Waals surface area contributed by atoms with Gasteiger partial charge in [0.15, 0.2) is 5.92 Å². The highest BCUT2D eigenvalue weighted by Crippen LogP contribution is 2.27. The first-order valence-corrected chi connectivity index (χ1v) is 6.72. The molecule has 0 N–H and O–H groups in total. The van der Waals surface area contributed by atoms with Crippen molar-refractivity contribution in [2.24, 2.45) is 11.3 Å². The van der Waals surface area contributed by atoms with Gasteiger partial charge in [0.05, 0.1) is 12.0 Å². The number of carbonyl (C=O) groups excluding carboxylic acids is 3. The Balaban J connectivity index is 2.63. The lowest BCUT2D eigenvalue weighted by Crippen LogP contribution is -2.40. The summed E-state index contributed by atoms with van der Waals surface area (Å²) >= 11 is 0. The third-order valence-corrected chi connectivity index (χ3v) is 3.34. The van der Waals surface area contributed by atoms with E-state index < -0.39 is 35.0 Å². The van der Waals surface area contributed by atoms with Crippen LogP contribution >= 0.6 is 0 Å². The average Bonchev–Trinajstić information content (AvgIpc) is 2.74. The van der Waals surface area contributed by atoms with E-state index in [0.717, 1.165) is 0 Å². The summed E-state index contributed by atoms with van der Waals surface area (Å²) in [6.45, 7) is 8.52. The molecule has 1 aliphatic heterocycles. The van der Waals surface area contributed by atoms with Crippen LogP contribution in [0.5, 0.6) is 0 Å². The SMILES string of the molecule is CCC(C)(C)C(=O)OC(C)(C)OC(=O)C1CCOC1=O. The Morgan fingerprint density at radius 3 is 2.30 bits per heavy atom. The molecule has 0 aromatic carbocycles. The fraction of sp³-hybridized carbons (Fsp3) is 0.786. The van der Waals surface area contributed by atoms with Crippen molar-refractivity contribution >= 4 is 17.9 Å². The largest absolute Gasteiger partial charge is 0.465 e. The van der Waals surface area contributed by atoms with Crippen LogP contribution in [0.2, 0.25) is 0 Å². The normalized spacial score (nSPS) is 19.4. The summed E-state index contributed by atoms with van der Waals surface area (Å²) in [7, 11) is 0. The van der Waals surface area contributed by atoms with Gasteiger partial charge in [-0.1, -0.05) is 6.92 Å². The highest BCUT2D eigenvalue weighted by Gasteiger charge is 2.40. The first-order valence-electron chi connectivity index (χ1n) is 6.72. The monoisotopic (exact) mass is 286 g/mol. The second-order valence-electron chi connectivity index (χ2n) is 5.96. The molecule has 0 aliphatic carbocycles. The number of hydrogen-bond donors (Lipinski definition) is 0. The fourth-order valence-corrected chi connectivity index (χ4v) is 1.55. The molecule has 1 atom stereocenters. The molecular formula is C14H22O6. The van der Waals surface area contributed by atoms with E-state index in [4.69, 9.17) is 14.2 Å². The van der Waals surface area contributed by atoms with E-state index >= 15 is 0 Å². The molecule has 0 amide bonds. The topological polar surface area (TPSA) is 78.9 Å². The van der Waals surface area contributed by atoms with Gasteiger partial charge in [-0.3, -0.25) is 14.4 Å². The van der Waals surface area contributed by atoms with Gasteiger partial charge < -0.3 is 14.2 Å². The summed E-state index contributed by atoms with van der Waals surface area (Å²) in [5.74, 6) is -4.10. The number of rotatable bonds is 5. The Hall–Kier alpha value is -1.59. The Morgan fingerprint density at radius 2 is 1.85 bits per heavy atom. The minimum Gasteiger partial charge on any atom is -0.465 e. The van der Waals surface area contributed by atoms with Gasteiger partial charge in [0.1, 0.15) is 0 Å². The van der Waals surface area contributed by atoms with Crippen molar-refractivity contribution < 1.29 is 28.6 Å². The van der Waals surface area contributed by atoms with Gasteiger partial charge in [0.2, 0.25) is 0 Å². The van der Waals surface area contributed by atoms with E-state index in [1.54, 1.807) is 13.8 Å². The minimum atomic E-state index is -1.41. The molecule has 1 heterocycles. The van der Waals surface area contributed by atoms with E-state index in [1.807, 2.05) is 6.92 Å². The Bertz CT molecular complexity index is 410. The predicted octanol–water partition coefficient (Wildman–Crippen LogP) is 1.81. The van der Waals surface area contributed by atoms with Crippen molar-refractivity contribution in [2.45, 2.75) is 53.2 Å². The molecule has 6 heteroatoms. The van der Waals surface area contributed by atoms with Crippen LogP contribution in [0.1, 0.15) is 47.5 Å². The molecular weight excluding hydrogens is 264 g/mol. The van der Waals surface area contributed by atoms with E-state index in [2.05, 4.69) is 0 Å². The molecule has 1 aliphatic rings. The van der Waals surface area contributed by atoms with Crippen LogP contribution in [0, 0.1) is 11.3 Å². The zero-order valence-electron chi connectivity index (χ0n) is 12.6. The summed E-state index contributed by atoms with van der Waals surface area (Å²) in [5.41, 5.74) is -0.657. The van der Waals surface area contributed by atoms with Crippen molar-refractivity contribution in [1.29, 1.82) is 0 Å². The summed E-state index contributed by atoms with van der Waals surface area (Å²) in [5, 5.41) is 0. The number of esters is 3. The van der Waals surface area contributed by atoms with Crippen LogP contribution < -0.4 is 0 Å². The van der Waals surface area contributed by atoms with Gasteiger partial charge in [0.25, 0.3) is 5.79 Å². The molecule has 1 saturated heterocycles. The number of ether oxygens (including phenoxy) is 3. The minimum absolute atomic E-state index is 0.210. The third kappa shape index (κ3) is 3.95. The summed E-state index contributed by atoms with van der Waals surface area (Å²) in [6.07, 6.45) is 0.896. The molecule has 114 valence electrons. The van der Waals surface area contributed by atoms with E-state index in [0.29, 0.717) is 12.8 Å².